The lowest BCUT2D eigenvalue weighted by atomic mass is 10.1. The van der Waals surface area contributed by atoms with Crippen molar-refractivity contribution >= 4 is 11.8 Å². The number of carbonyl (C=O) groups is 1. The Morgan fingerprint density at radius 1 is 1.00 bits per heavy atom. The highest BCUT2D eigenvalue weighted by Gasteiger charge is 2.32. The van der Waals surface area contributed by atoms with Crippen LogP contribution in [0.3, 0.4) is 0 Å². The van der Waals surface area contributed by atoms with E-state index in [4.69, 9.17) is 4.74 Å². The molecule has 0 saturated heterocycles. The van der Waals surface area contributed by atoms with Crippen LogP contribution in [0.2, 0.25) is 0 Å². The van der Waals surface area contributed by atoms with Gasteiger partial charge in [-0.1, -0.05) is 47.5 Å². The van der Waals surface area contributed by atoms with E-state index in [1.807, 2.05) is 62.4 Å². The normalized spacial score (nSPS) is 17.1. The minimum absolute atomic E-state index is 0.146. The van der Waals surface area contributed by atoms with Crippen molar-refractivity contribution in [3.63, 3.8) is 0 Å². The molecule has 0 radical (unpaired) electrons. The molecule has 1 heterocycles. The first-order valence-corrected chi connectivity index (χ1v) is 7.23. The van der Waals surface area contributed by atoms with E-state index in [0.29, 0.717) is 5.90 Å². The Hall–Kier alpha value is -2.62. The zero-order valence-electron chi connectivity index (χ0n) is 12.9. The van der Waals surface area contributed by atoms with Gasteiger partial charge in [0.2, 0.25) is 18.0 Å². The summed E-state index contributed by atoms with van der Waals surface area (Å²) in [6.45, 7) is 5.54. The third-order valence-electron chi connectivity index (χ3n) is 3.63. The molecule has 0 aliphatic carbocycles. The molecule has 0 unspecified atom stereocenters. The van der Waals surface area contributed by atoms with Crippen LogP contribution >= 0.6 is 0 Å². The second-order valence-electron chi connectivity index (χ2n) is 5.52. The van der Waals surface area contributed by atoms with Gasteiger partial charge in [-0.05, 0) is 26.0 Å². The topological polar surface area (TPSA) is 41.9 Å². The minimum atomic E-state index is -0.505. The summed E-state index contributed by atoms with van der Waals surface area (Å²) in [6, 6.07) is 15.8. The number of hydrogen-bond acceptors (Lipinski definition) is 3. The molecular weight excluding hydrogens is 276 g/mol. The fourth-order valence-corrected chi connectivity index (χ4v) is 2.33. The molecule has 0 fully saturated rings. The number of hydrazone groups is 1. The molecule has 0 N–H and O–H groups in total. The van der Waals surface area contributed by atoms with Crippen LogP contribution in [0.25, 0.3) is 0 Å². The smallest absolute Gasteiger partial charge is 0.243 e. The van der Waals surface area contributed by atoms with Crippen molar-refractivity contribution in [3.8, 4) is 0 Å². The first-order chi connectivity index (χ1) is 10.5. The van der Waals surface area contributed by atoms with Gasteiger partial charge in [-0.2, -0.15) is 5.01 Å². The van der Waals surface area contributed by atoms with Crippen LogP contribution in [0.15, 0.2) is 53.6 Å². The van der Waals surface area contributed by atoms with Gasteiger partial charge in [0.05, 0.1) is 0 Å². The van der Waals surface area contributed by atoms with Crippen molar-refractivity contribution in [2.24, 2.45) is 5.10 Å². The van der Waals surface area contributed by atoms with Gasteiger partial charge in [0.15, 0.2) is 0 Å². The number of rotatable bonds is 2. The highest BCUT2D eigenvalue weighted by Crippen LogP contribution is 2.30. The minimum Gasteiger partial charge on any atom is -0.446 e. The average molecular weight is 294 g/mol. The first-order valence-electron chi connectivity index (χ1n) is 7.23. The molecule has 4 heteroatoms. The number of aryl methyl sites for hydroxylation is 2. The molecule has 1 aliphatic heterocycles. The number of benzene rings is 2. The first kappa shape index (κ1) is 14.3. The van der Waals surface area contributed by atoms with E-state index in [2.05, 4.69) is 5.10 Å². The molecule has 2 aromatic carbocycles. The van der Waals surface area contributed by atoms with E-state index in [1.54, 1.807) is 0 Å². The Morgan fingerprint density at radius 2 is 1.55 bits per heavy atom. The van der Waals surface area contributed by atoms with Gasteiger partial charge in [0.25, 0.3) is 0 Å². The summed E-state index contributed by atoms with van der Waals surface area (Å²) in [5, 5.41) is 5.73. The number of carbonyl (C=O) groups excluding carboxylic acids is 1. The SMILES string of the molecule is CC(=O)N1N=C(c2ccc(C)cc2)O[C@@H]1c1ccc(C)cc1. The predicted molar refractivity (Wildman–Crippen MR) is 85.2 cm³/mol. The van der Waals surface area contributed by atoms with Gasteiger partial charge < -0.3 is 4.74 Å². The lowest BCUT2D eigenvalue weighted by Gasteiger charge is -2.19. The predicted octanol–water partition coefficient (Wildman–Crippen LogP) is 3.54. The molecule has 0 spiro atoms. The number of hydrogen-bond donors (Lipinski definition) is 0. The van der Waals surface area contributed by atoms with Gasteiger partial charge >= 0.3 is 0 Å². The number of amides is 1. The fourth-order valence-electron chi connectivity index (χ4n) is 2.33. The van der Waals surface area contributed by atoms with E-state index in [-0.39, 0.29) is 5.91 Å². The molecule has 1 amide bonds. The second-order valence-corrected chi connectivity index (χ2v) is 5.52. The summed E-state index contributed by atoms with van der Waals surface area (Å²) in [6.07, 6.45) is -0.505. The standard InChI is InChI=1S/C18H18N2O2/c1-12-4-8-15(9-5-12)17-19-20(14(3)21)18(22-17)16-10-6-13(2)7-11-16/h4-11,18H,1-3H3/t18-/m1/s1. The maximum absolute atomic E-state index is 11.9. The lowest BCUT2D eigenvalue weighted by Crippen LogP contribution is -2.25. The van der Waals surface area contributed by atoms with Crippen LogP contribution in [-0.2, 0) is 9.53 Å². The molecule has 112 valence electrons. The third kappa shape index (κ3) is 2.72. The fraction of sp³-hybridized carbons (Fsp3) is 0.222. The number of ether oxygens (including phenoxy) is 1. The van der Waals surface area contributed by atoms with Crippen LogP contribution in [-0.4, -0.2) is 16.8 Å². The summed E-state index contributed by atoms with van der Waals surface area (Å²) in [7, 11) is 0. The van der Waals surface area contributed by atoms with Crippen molar-refractivity contribution < 1.29 is 9.53 Å². The van der Waals surface area contributed by atoms with Crippen LogP contribution in [0.4, 0.5) is 0 Å². The molecule has 0 bridgehead atoms. The monoisotopic (exact) mass is 294 g/mol. The summed E-state index contributed by atoms with van der Waals surface area (Å²) in [5.74, 6) is 0.327. The van der Waals surface area contributed by atoms with Gasteiger partial charge in [-0.3, -0.25) is 4.79 Å². The van der Waals surface area contributed by atoms with Gasteiger partial charge in [0.1, 0.15) is 0 Å². The summed E-state index contributed by atoms with van der Waals surface area (Å²) in [4.78, 5) is 11.9. The molecule has 22 heavy (non-hydrogen) atoms. The third-order valence-corrected chi connectivity index (χ3v) is 3.63. The highest BCUT2D eigenvalue weighted by atomic mass is 16.5. The van der Waals surface area contributed by atoms with Crippen molar-refractivity contribution in [1.82, 2.24) is 5.01 Å². The van der Waals surface area contributed by atoms with Crippen molar-refractivity contribution in [2.75, 3.05) is 0 Å². The molecule has 0 aromatic heterocycles. The molecule has 0 saturated carbocycles. The van der Waals surface area contributed by atoms with Crippen LogP contribution in [0, 0.1) is 13.8 Å². The molecule has 3 rings (SSSR count). The molecule has 4 nitrogen and oxygen atoms in total. The Labute approximate surface area is 130 Å². The van der Waals surface area contributed by atoms with Gasteiger partial charge in [0, 0.05) is 18.1 Å². The van der Waals surface area contributed by atoms with Gasteiger partial charge in [-0.15, -0.1) is 5.10 Å². The van der Waals surface area contributed by atoms with Crippen molar-refractivity contribution in [2.45, 2.75) is 27.0 Å². The highest BCUT2D eigenvalue weighted by molar-refractivity contribution is 5.96. The zero-order valence-corrected chi connectivity index (χ0v) is 12.9. The Morgan fingerprint density at radius 3 is 2.09 bits per heavy atom. The Balaban J connectivity index is 1.92. The van der Waals surface area contributed by atoms with E-state index < -0.39 is 6.23 Å². The van der Waals surface area contributed by atoms with Gasteiger partial charge in [-0.25, -0.2) is 0 Å². The quantitative estimate of drug-likeness (QED) is 0.850. The largest absolute Gasteiger partial charge is 0.446 e. The van der Waals surface area contributed by atoms with E-state index in [9.17, 15) is 4.79 Å². The van der Waals surface area contributed by atoms with Crippen LogP contribution < -0.4 is 0 Å². The summed E-state index contributed by atoms with van der Waals surface area (Å²) < 4.78 is 5.94. The lowest BCUT2D eigenvalue weighted by molar-refractivity contribution is -0.135. The molecule has 1 aliphatic rings. The maximum Gasteiger partial charge on any atom is 0.243 e. The van der Waals surface area contributed by atoms with Crippen LogP contribution in [0.5, 0.6) is 0 Å². The molecular formula is C18H18N2O2. The average Bonchev–Trinajstić information content (AvgIpc) is 2.94. The van der Waals surface area contributed by atoms with E-state index in [0.717, 1.165) is 16.7 Å². The Bertz CT molecular complexity index is 718. The zero-order chi connectivity index (χ0) is 15.7. The van der Waals surface area contributed by atoms with Crippen LogP contribution in [0.1, 0.15) is 35.4 Å². The maximum atomic E-state index is 11.9. The molecule has 1 atom stereocenters. The van der Waals surface area contributed by atoms with Crippen molar-refractivity contribution in [3.05, 3.63) is 70.8 Å². The molecule has 2 aromatic rings. The van der Waals surface area contributed by atoms with E-state index in [1.165, 1.54) is 17.5 Å². The second kappa shape index (κ2) is 5.64. The van der Waals surface area contributed by atoms with Crippen molar-refractivity contribution in [1.29, 1.82) is 0 Å². The van der Waals surface area contributed by atoms with E-state index >= 15 is 0 Å². The summed E-state index contributed by atoms with van der Waals surface area (Å²) in [5.41, 5.74) is 4.11. The number of nitrogens with zero attached hydrogens (tertiary/aromatic N) is 2. The summed E-state index contributed by atoms with van der Waals surface area (Å²) >= 11 is 0. The Kier molecular flexibility index (Phi) is 3.67.